The maximum absolute atomic E-state index is 12.9. The van der Waals surface area contributed by atoms with Gasteiger partial charge in [0.1, 0.15) is 5.82 Å². The highest BCUT2D eigenvalue weighted by Gasteiger charge is 2.10. The number of benzene rings is 1. The molecular weight excluding hydrogens is 241 g/mol. The van der Waals surface area contributed by atoms with Gasteiger partial charge in [-0.3, -0.25) is 4.21 Å². The average Bonchev–Trinajstić information content (AvgIpc) is 2.34. The third-order valence-electron chi connectivity index (χ3n) is 2.35. The largest absolute Gasteiger partial charge is 0.377 e. The van der Waals surface area contributed by atoms with Crippen molar-refractivity contribution in [2.24, 2.45) is 5.73 Å². The van der Waals surface area contributed by atoms with Gasteiger partial charge in [-0.15, -0.1) is 0 Å². The molecule has 1 aromatic rings. The van der Waals surface area contributed by atoms with E-state index in [4.69, 9.17) is 10.5 Å². The molecule has 0 aliphatic rings. The van der Waals surface area contributed by atoms with E-state index in [2.05, 4.69) is 0 Å². The van der Waals surface area contributed by atoms with Gasteiger partial charge in [-0.2, -0.15) is 0 Å². The van der Waals surface area contributed by atoms with E-state index < -0.39 is 10.8 Å². The van der Waals surface area contributed by atoms with Crippen LogP contribution in [0.15, 0.2) is 29.2 Å². The molecule has 1 rings (SSSR count). The fourth-order valence-electron chi connectivity index (χ4n) is 1.47. The zero-order chi connectivity index (χ0) is 12.7. The van der Waals surface area contributed by atoms with Crippen molar-refractivity contribution in [3.05, 3.63) is 30.1 Å². The molecule has 5 heteroatoms. The van der Waals surface area contributed by atoms with Crippen molar-refractivity contribution in [3.63, 3.8) is 0 Å². The van der Waals surface area contributed by atoms with Gasteiger partial charge < -0.3 is 10.5 Å². The summed E-state index contributed by atoms with van der Waals surface area (Å²) in [5, 5.41) is 0. The van der Waals surface area contributed by atoms with Gasteiger partial charge in [-0.1, -0.05) is 6.07 Å². The van der Waals surface area contributed by atoms with E-state index in [1.807, 2.05) is 6.92 Å². The molecule has 0 amide bonds. The molecule has 0 bridgehead atoms. The normalized spacial score (nSPS) is 14.5. The van der Waals surface area contributed by atoms with Crippen LogP contribution in [0.25, 0.3) is 0 Å². The number of rotatable bonds is 7. The lowest BCUT2D eigenvalue weighted by atomic mass is 10.3. The number of halogens is 1. The Morgan fingerprint density at radius 2 is 2.29 bits per heavy atom. The van der Waals surface area contributed by atoms with Gasteiger partial charge in [0.05, 0.1) is 16.9 Å². The summed E-state index contributed by atoms with van der Waals surface area (Å²) < 4.78 is 30.2. The van der Waals surface area contributed by atoms with Gasteiger partial charge in [-0.05, 0) is 31.5 Å². The Hall–Kier alpha value is -0.780. The number of ether oxygens (including phenoxy) is 1. The summed E-state index contributed by atoms with van der Waals surface area (Å²) >= 11 is 0. The van der Waals surface area contributed by atoms with Crippen molar-refractivity contribution in [1.29, 1.82) is 0 Å². The standard InChI is InChI=1S/C12H18FNO2S/c1-2-16-11(9-14)6-7-17(15)12-5-3-4-10(13)8-12/h3-5,8,11H,2,6-7,9,14H2,1H3. The minimum absolute atomic E-state index is 0.0718. The van der Waals surface area contributed by atoms with Crippen LogP contribution in [0.3, 0.4) is 0 Å². The first kappa shape index (κ1) is 14.3. The molecule has 0 aliphatic carbocycles. The fraction of sp³-hybridized carbons (Fsp3) is 0.500. The zero-order valence-electron chi connectivity index (χ0n) is 9.90. The topological polar surface area (TPSA) is 52.3 Å². The second-order valence-corrected chi connectivity index (χ2v) is 5.18. The van der Waals surface area contributed by atoms with Crippen molar-refractivity contribution < 1.29 is 13.3 Å². The van der Waals surface area contributed by atoms with Crippen molar-refractivity contribution in [2.45, 2.75) is 24.3 Å². The quantitative estimate of drug-likeness (QED) is 0.810. The smallest absolute Gasteiger partial charge is 0.124 e. The molecule has 0 spiro atoms. The van der Waals surface area contributed by atoms with Crippen molar-refractivity contribution in [1.82, 2.24) is 0 Å². The Balaban J connectivity index is 2.49. The van der Waals surface area contributed by atoms with E-state index in [9.17, 15) is 8.60 Å². The van der Waals surface area contributed by atoms with E-state index in [0.717, 1.165) is 0 Å². The summed E-state index contributed by atoms with van der Waals surface area (Å²) in [6, 6.07) is 5.86. The summed E-state index contributed by atoms with van der Waals surface area (Å²) in [6.45, 7) is 2.90. The van der Waals surface area contributed by atoms with Crippen molar-refractivity contribution >= 4 is 10.8 Å². The van der Waals surface area contributed by atoms with Crippen molar-refractivity contribution in [3.8, 4) is 0 Å². The Morgan fingerprint density at radius 3 is 2.88 bits per heavy atom. The Morgan fingerprint density at radius 1 is 1.53 bits per heavy atom. The highest BCUT2D eigenvalue weighted by molar-refractivity contribution is 7.85. The van der Waals surface area contributed by atoms with Crippen LogP contribution in [0, 0.1) is 5.82 Å². The fourth-order valence-corrected chi connectivity index (χ4v) is 2.66. The van der Waals surface area contributed by atoms with Gasteiger partial charge in [-0.25, -0.2) is 4.39 Å². The first-order valence-corrected chi connectivity index (χ1v) is 6.94. The van der Waals surface area contributed by atoms with Gasteiger partial charge >= 0.3 is 0 Å². The van der Waals surface area contributed by atoms with Crippen LogP contribution in [0.1, 0.15) is 13.3 Å². The first-order chi connectivity index (χ1) is 8.17. The molecule has 0 heterocycles. The molecule has 2 N–H and O–H groups in total. The molecule has 0 saturated heterocycles. The van der Waals surface area contributed by atoms with Gasteiger partial charge in [0.25, 0.3) is 0 Å². The van der Waals surface area contributed by atoms with E-state index in [1.165, 1.54) is 12.1 Å². The summed E-state index contributed by atoms with van der Waals surface area (Å²) in [4.78, 5) is 0.511. The second kappa shape index (κ2) is 7.53. The number of hydrogen-bond acceptors (Lipinski definition) is 3. The van der Waals surface area contributed by atoms with Crippen LogP contribution in [0.4, 0.5) is 4.39 Å². The lowest BCUT2D eigenvalue weighted by Crippen LogP contribution is -2.25. The molecule has 0 saturated carbocycles. The number of hydrogen-bond donors (Lipinski definition) is 1. The SMILES string of the molecule is CCOC(CN)CCS(=O)c1cccc(F)c1. The van der Waals surface area contributed by atoms with E-state index in [0.29, 0.717) is 30.2 Å². The van der Waals surface area contributed by atoms with E-state index in [1.54, 1.807) is 12.1 Å². The molecule has 0 aromatic heterocycles. The molecule has 0 radical (unpaired) electrons. The average molecular weight is 259 g/mol. The van der Waals surface area contributed by atoms with Crippen molar-refractivity contribution in [2.75, 3.05) is 18.9 Å². The molecule has 3 nitrogen and oxygen atoms in total. The molecule has 1 aromatic carbocycles. The van der Waals surface area contributed by atoms with Crippen LogP contribution in [0.5, 0.6) is 0 Å². The molecule has 2 atom stereocenters. The minimum atomic E-state index is -1.20. The second-order valence-electron chi connectivity index (χ2n) is 3.61. The molecule has 17 heavy (non-hydrogen) atoms. The minimum Gasteiger partial charge on any atom is -0.377 e. The third-order valence-corrected chi connectivity index (χ3v) is 3.74. The van der Waals surface area contributed by atoms with Crippen LogP contribution in [-0.4, -0.2) is 29.2 Å². The summed E-state index contributed by atoms with van der Waals surface area (Å²) in [5.74, 6) is 0.0710. The highest BCUT2D eigenvalue weighted by atomic mass is 32.2. The third kappa shape index (κ3) is 4.93. The summed E-state index contributed by atoms with van der Waals surface area (Å²) in [7, 11) is -1.20. The summed E-state index contributed by atoms with van der Waals surface area (Å²) in [6.07, 6.45) is 0.547. The van der Waals surface area contributed by atoms with Crippen LogP contribution >= 0.6 is 0 Å². The van der Waals surface area contributed by atoms with Gasteiger partial charge in [0.2, 0.25) is 0 Å². The Kier molecular flexibility index (Phi) is 6.32. The van der Waals surface area contributed by atoms with Crippen LogP contribution in [0.2, 0.25) is 0 Å². The molecule has 2 unspecified atom stereocenters. The van der Waals surface area contributed by atoms with E-state index >= 15 is 0 Å². The van der Waals surface area contributed by atoms with E-state index in [-0.39, 0.29) is 11.9 Å². The van der Waals surface area contributed by atoms with Gasteiger partial charge in [0.15, 0.2) is 0 Å². The monoisotopic (exact) mass is 259 g/mol. The van der Waals surface area contributed by atoms with Crippen LogP contribution < -0.4 is 5.73 Å². The molecule has 0 aliphatic heterocycles. The summed E-state index contributed by atoms with van der Waals surface area (Å²) in [5.41, 5.74) is 5.52. The predicted molar refractivity (Wildman–Crippen MR) is 66.8 cm³/mol. The Bertz CT molecular complexity index is 373. The Labute approximate surface area is 104 Å². The molecule has 0 fully saturated rings. The maximum atomic E-state index is 12.9. The lowest BCUT2D eigenvalue weighted by Gasteiger charge is -2.14. The number of nitrogens with two attached hydrogens (primary N) is 1. The van der Waals surface area contributed by atoms with Crippen LogP contribution in [-0.2, 0) is 15.5 Å². The molecule has 96 valence electrons. The molecular formula is C12H18FNO2S. The maximum Gasteiger partial charge on any atom is 0.124 e. The predicted octanol–water partition coefficient (Wildman–Crippen LogP) is 1.69. The zero-order valence-corrected chi connectivity index (χ0v) is 10.7. The highest BCUT2D eigenvalue weighted by Crippen LogP contribution is 2.11. The lowest BCUT2D eigenvalue weighted by molar-refractivity contribution is 0.0672. The van der Waals surface area contributed by atoms with Gasteiger partial charge in [0, 0.05) is 23.8 Å². The first-order valence-electron chi connectivity index (χ1n) is 5.63.